The number of hydrogen-bond donors (Lipinski definition) is 1. The molecule has 0 aliphatic rings. The van der Waals surface area contributed by atoms with Gasteiger partial charge in [0.1, 0.15) is 5.76 Å². The highest BCUT2D eigenvalue weighted by molar-refractivity contribution is 8.00. The number of hydrogen-bond acceptors (Lipinski definition) is 7. The molecule has 2 heterocycles. The van der Waals surface area contributed by atoms with Gasteiger partial charge >= 0.3 is 0 Å². The Hall–Kier alpha value is -2.39. The van der Waals surface area contributed by atoms with Crippen LogP contribution in [0.1, 0.15) is 12.7 Å². The van der Waals surface area contributed by atoms with E-state index < -0.39 is 5.25 Å². The lowest BCUT2D eigenvalue weighted by Crippen LogP contribution is -2.23. The molecule has 1 aromatic carbocycles. The number of halogens is 1. The zero-order valence-corrected chi connectivity index (χ0v) is 14.4. The molecule has 0 aliphatic carbocycles. The van der Waals surface area contributed by atoms with Gasteiger partial charge in [-0.1, -0.05) is 28.5 Å². The maximum atomic E-state index is 12.2. The minimum Gasteiger partial charge on any atom is -0.360 e. The summed E-state index contributed by atoms with van der Waals surface area (Å²) >= 11 is 7.12. The molecule has 1 amide bonds. The molecule has 0 fully saturated rings. The molecule has 8 nitrogen and oxygen atoms in total. The van der Waals surface area contributed by atoms with Gasteiger partial charge in [0.25, 0.3) is 0 Å². The maximum absolute atomic E-state index is 12.2. The van der Waals surface area contributed by atoms with Crippen molar-refractivity contribution < 1.29 is 9.32 Å². The molecule has 0 aliphatic heterocycles. The number of benzene rings is 1. The van der Waals surface area contributed by atoms with Crippen molar-refractivity contribution in [1.29, 1.82) is 0 Å². The van der Waals surface area contributed by atoms with Crippen molar-refractivity contribution in [3.63, 3.8) is 0 Å². The standard InChI is InChI=1S/C14H13ClN6O2S/c1-8-7-12(18-23-8)16-13(22)9(2)24-14-17-19-20-21(14)11-5-3-10(15)4-6-11/h3-7,9H,1-2H3,(H,16,18,22)/t9-/m1/s1. The number of nitrogens with one attached hydrogen (secondary N) is 1. The largest absolute Gasteiger partial charge is 0.360 e. The molecular weight excluding hydrogens is 352 g/mol. The van der Waals surface area contributed by atoms with E-state index in [0.717, 1.165) is 5.69 Å². The van der Waals surface area contributed by atoms with Crippen LogP contribution in [-0.2, 0) is 4.79 Å². The zero-order valence-electron chi connectivity index (χ0n) is 12.8. The molecule has 24 heavy (non-hydrogen) atoms. The van der Waals surface area contributed by atoms with Gasteiger partial charge in [0.2, 0.25) is 11.1 Å². The van der Waals surface area contributed by atoms with E-state index in [4.69, 9.17) is 16.1 Å². The highest BCUT2D eigenvalue weighted by atomic mass is 35.5. The smallest absolute Gasteiger partial charge is 0.238 e. The number of carbonyl (C=O) groups is 1. The molecule has 10 heteroatoms. The van der Waals surface area contributed by atoms with Crippen molar-refractivity contribution in [2.24, 2.45) is 0 Å². The van der Waals surface area contributed by atoms with Crippen LogP contribution in [0.3, 0.4) is 0 Å². The number of aryl methyl sites for hydroxylation is 1. The van der Waals surface area contributed by atoms with Gasteiger partial charge in [-0.15, -0.1) is 5.10 Å². The quantitative estimate of drug-likeness (QED) is 0.695. The molecule has 0 radical (unpaired) electrons. The second-order valence-corrected chi connectivity index (χ2v) is 6.67. The Morgan fingerprint density at radius 2 is 2.12 bits per heavy atom. The molecule has 2 aromatic heterocycles. The molecule has 0 bridgehead atoms. The predicted molar refractivity (Wildman–Crippen MR) is 89.4 cm³/mol. The Labute approximate surface area is 146 Å². The minimum atomic E-state index is -0.431. The van der Waals surface area contributed by atoms with Crippen LogP contribution < -0.4 is 5.32 Å². The lowest BCUT2D eigenvalue weighted by Gasteiger charge is -2.10. The fourth-order valence-corrected chi connectivity index (χ4v) is 2.80. The van der Waals surface area contributed by atoms with Gasteiger partial charge < -0.3 is 9.84 Å². The van der Waals surface area contributed by atoms with Crippen molar-refractivity contribution in [1.82, 2.24) is 25.4 Å². The first-order valence-corrected chi connectivity index (χ1v) is 8.24. The normalized spacial score (nSPS) is 12.1. The van der Waals surface area contributed by atoms with E-state index >= 15 is 0 Å². The summed E-state index contributed by atoms with van der Waals surface area (Å²) in [5.41, 5.74) is 0.756. The SMILES string of the molecule is Cc1cc(NC(=O)[C@@H](C)Sc2nnnn2-c2ccc(Cl)cc2)no1. The Morgan fingerprint density at radius 1 is 1.38 bits per heavy atom. The zero-order chi connectivity index (χ0) is 17.1. The molecule has 1 atom stereocenters. The van der Waals surface area contributed by atoms with Crippen LogP contribution in [0, 0.1) is 6.92 Å². The summed E-state index contributed by atoms with van der Waals surface area (Å²) in [5.74, 6) is 0.776. The summed E-state index contributed by atoms with van der Waals surface area (Å²) < 4.78 is 6.47. The third kappa shape index (κ3) is 3.74. The van der Waals surface area contributed by atoms with E-state index in [-0.39, 0.29) is 5.91 Å². The Kier molecular flexibility index (Phi) is 4.81. The van der Waals surface area contributed by atoms with Gasteiger partial charge in [0.15, 0.2) is 5.82 Å². The summed E-state index contributed by atoms with van der Waals surface area (Å²) in [6.07, 6.45) is 0. The Bertz CT molecular complexity index is 847. The van der Waals surface area contributed by atoms with Gasteiger partial charge in [0, 0.05) is 11.1 Å². The number of thioether (sulfide) groups is 1. The molecular formula is C14H13ClN6O2S. The van der Waals surface area contributed by atoms with Gasteiger partial charge in [0.05, 0.1) is 10.9 Å². The van der Waals surface area contributed by atoms with Crippen LogP contribution in [0.5, 0.6) is 0 Å². The van der Waals surface area contributed by atoms with E-state index in [2.05, 4.69) is 26.0 Å². The van der Waals surface area contributed by atoms with Gasteiger partial charge in [-0.25, -0.2) is 0 Å². The first kappa shape index (κ1) is 16.5. The van der Waals surface area contributed by atoms with Crippen molar-refractivity contribution >= 4 is 35.1 Å². The predicted octanol–water partition coefficient (Wildman–Crippen LogP) is 2.73. The maximum Gasteiger partial charge on any atom is 0.238 e. The van der Waals surface area contributed by atoms with Crippen LogP contribution >= 0.6 is 23.4 Å². The lowest BCUT2D eigenvalue weighted by molar-refractivity contribution is -0.115. The van der Waals surface area contributed by atoms with E-state index in [1.165, 1.54) is 11.8 Å². The summed E-state index contributed by atoms with van der Waals surface area (Å²) in [7, 11) is 0. The second-order valence-electron chi connectivity index (χ2n) is 4.92. The average Bonchev–Trinajstić information content (AvgIpc) is 3.17. The molecule has 3 aromatic rings. The first-order chi connectivity index (χ1) is 11.5. The van der Waals surface area contributed by atoms with E-state index in [1.807, 2.05) is 0 Å². The van der Waals surface area contributed by atoms with Crippen LogP contribution in [0.2, 0.25) is 5.02 Å². The summed E-state index contributed by atoms with van der Waals surface area (Å²) in [4.78, 5) is 12.2. The lowest BCUT2D eigenvalue weighted by atomic mass is 10.3. The van der Waals surface area contributed by atoms with Crippen molar-refractivity contribution in [2.75, 3.05) is 5.32 Å². The molecule has 3 rings (SSSR count). The third-order valence-corrected chi connectivity index (χ3v) is 4.33. The van der Waals surface area contributed by atoms with Crippen LogP contribution in [0.4, 0.5) is 5.82 Å². The minimum absolute atomic E-state index is 0.223. The molecule has 0 spiro atoms. The fourth-order valence-electron chi connectivity index (χ4n) is 1.86. The average molecular weight is 365 g/mol. The third-order valence-electron chi connectivity index (χ3n) is 3.04. The molecule has 0 unspecified atom stereocenters. The number of nitrogens with zero attached hydrogens (tertiary/aromatic N) is 5. The van der Waals surface area contributed by atoms with Crippen molar-refractivity contribution in [3.8, 4) is 5.69 Å². The number of tetrazole rings is 1. The molecule has 1 N–H and O–H groups in total. The van der Waals surface area contributed by atoms with Crippen LogP contribution in [0.25, 0.3) is 5.69 Å². The first-order valence-electron chi connectivity index (χ1n) is 6.98. The number of amides is 1. The van der Waals surface area contributed by atoms with Crippen molar-refractivity contribution in [2.45, 2.75) is 24.3 Å². The summed E-state index contributed by atoms with van der Waals surface area (Å²) in [6.45, 7) is 3.51. The van der Waals surface area contributed by atoms with E-state index in [0.29, 0.717) is 21.8 Å². The number of aromatic nitrogens is 5. The van der Waals surface area contributed by atoms with Gasteiger partial charge in [-0.2, -0.15) is 4.68 Å². The summed E-state index contributed by atoms with van der Waals surface area (Å²) in [6, 6.07) is 8.73. The number of anilines is 1. The highest BCUT2D eigenvalue weighted by Crippen LogP contribution is 2.24. The molecule has 124 valence electrons. The number of rotatable bonds is 5. The Balaban J connectivity index is 1.70. The van der Waals surface area contributed by atoms with Gasteiger partial charge in [-0.3, -0.25) is 4.79 Å². The highest BCUT2D eigenvalue weighted by Gasteiger charge is 2.20. The monoisotopic (exact) mass is 364 g/mol. The fraction of sp³-hybridized carbons (Fsp3) is 0.214. The topological polar surface area (TPSA) is 98.7 Å². The number of carbonyl (C=O) groups excluding carboxylic acids is 1. The van der Waals surface area contributed by atoms with Crippen molar-refractivity contribution in [3.05, 3.63) is 41.1 Å². The van der Waals surface area contributed by atoms with E-state index in [9.17, 15) is 4.79 Å². The second kappa shape index (κ2) is 7.02. The molecule has 0 saturated carbocycles. The van der Waals surface area contributed by atoms with Crippen LogP contribution in [0.15, 0.2) is 40.0 Å². The molecule has 0 saturated heterocycles. The van der Waals surface area contributed by atoms with Crippen LogP contribution in [-0.4, -0.2) is 36.5 Å². The van der Waals surface area contributed by atoms with E-state index in [1.54, 1.807) is 48.9 Å². The summed E-state index contributed by atoms with van der Waals surface area (Å²) in [5, 5.41) is 18.7. The Morgan fingerprint density at radius 3 is 2.79 bits per heavy atom. The van der Waals surface area contributed by atoms with Gasteiger partial charge in [-0.05, 0) is 48.5 Å².